The standard InChI is InChI=1S/C10H17N2O/c1-3-11(2)12-6-4-10(5-7-12)8-13-9-10/h1,4-9H2,2H3/q+1. The fourth-order valence-corrected chi connectivity index (χ4v) is 2.05. The smallest absolute Gasteiger partial charge is 0.190 e. The number of hydrogen-bond donors (Lipinski definition) is 0. The zero-order valence-corrected chi connectivity index (χ0v) is 8.25. The van der Waals surface area contributed by atoms with Gasteiger partial charge in [-0.25, -0.2) is 0 Å². The van der Waals surface area contributed by atoms with E-state index in [2.05, 4.69) is 17.5 Å². The predicted molar refractivity (Wildman–Crippen MR) is 50.9 cm³/mol. The first-order valence-corrected chi connectivity index (χ1v) is 4.85. The van der Waals surface area contributed by atoms with Crippen LogP contribution in [0.2, 0.25) is 0 Å². The highest BCUT2D eigenvalue weighted by Gasteiger charge is 2.42. The van der Waals surface area contributed by atoms with E-state index >= 15 is 0 Å². The van der Waals surface area contributed by atoms with E-state index < -0.39 is 0 Å². The maximum atomic E-state index is 5.28. The summed E-state index contributed by atoms with van der Waals surface area (Å²) in [5, 5.41) is 2.29. The van der Waals surface area contributed by atoms with E-state index in [9.17, 15) is 0 Å². The monoisotopic (exact) mass is 181 g/mol. The lowest BCUT2D eigenvalue weighted by molar-refractivity contribution is -0.666. The van der Waals surface area contributed by atoms with E-state index in [4.69, 9.17) is 4.74 Å². The molecule has 0 unspecified atom stereocenters. The SMILES string of the molecule is C=C=[N+](C)N1CCC2(CC1)COC2. The van der Waals surface area contributed by atoms with Gasteiger partial charge in [0.1, 0.15) is 0 Å². The van der Waals surface area contributed by atoms with Crippen molar-refractivity contribution in [2.45, 2.75) is 12.8 Å². The van der Waals surface area contributed by atoms with Crippen molar-refractivity contribution in [3.63, 3.8) is 0 Å². The molecule has 0 N–H and O–H groups in total. The van der Waals surface area contributed by atoms with Gasteiger partial charge in [0.25, 0.3) is 0 Å². The van der Waals surface area contributed by atoms with Gasteiger partial charge in [0.05, 0.1) is 26.3 Å². The van der Waals surface area contributed by atoms with Crippen molar-refractivity contribution in [3.05, 3.63) is 6.58 Å². The minimum Gasteiger partial charge on any atom is -0.380 e. The van der Waals surface area contributed by atoms with Gasteiger partial charge in [0.15, 0.2) is 12.9 Å². The van der Waals surface area contributed by atoms with Crippen LogP contribution in [-0.2, 0) is 4.74 Å². The molecule has 0 atom stereocenters. The van der Waals surface area contributed by atoms with Crippen molar-refractivity contribution in [2.24, 2.45) is 5.41 Å². The molecular weight excluding hydrogens is 164 g/mol. The van der Waals surface area contributed by atoms with Gasteiger partial charge in [-0.15, -0.1) is 0 Å². The Morgan fingerprint density at radius 2 is 2.00 bits per heavy atom. The average molecular weight is 181 g/mol. The van der Waals surface area contributed by atoms with Crippen LogP contribution in [0.15, 0.2) is 6.58 Å². The third-order valence-corrected chi connectivity index (χ3v) is 3.27. The molecule has 2 heterocycles. The van der Waals surface area contributed by atoms with Crippen LogP contribution in [0.4, 0.5) is 0 Å². The summed E-state index contributed by atoms with van der Waals surface area (Å²) in [5.74, 6) is 2.88. The fourth-order valence-electron chi connectivity index (χ4n) is 2.05. The molecule has 0 aromatic carbocycles. The van der Waals surface area contributed by atoms with Crippen LogP contribution >= 0.6 is 0 Å². The lowest BCUT2D eigenvalue weighted by Crippen LogP contribution is -2.52. The van der Waals surface area contributed by atoms with Gasteiger partial charge in [-0.3, -0.25) is 0 Å². The van der Waals surface area contributed by atoms with Crippen molar-refractivity contribution in [1.29, 1.82) is 0 Å². The van der Waals surface area contributed by atoms with Crippen LogP contribution in [0.3, 0.4) is 0 Å². The summed E-state index contributed by atoms with van der Waals surface area (Å²) in [6.07, 6.45) is 2.50. The number of hydrazine groups is 1. The normalized spacial score (nSPS) is 25.2. The van der Waals surface area contributed by atoms with Crippen LogP contribution in [0.1, 0.15) is 12.8 Å². The topological polar surface area (TPSA) is 15.5 Å². The molecule has 0 amide bonds. The fraction of sp³-hybridized carbons (Fsp3) is 0.800. The highest BCUT2D eigenvalue weighted by molar-refractivity contribution is 5.39. The lowest BCUT2D eigenvalue weighted by Gasteiger charge is -2.45. The third kappa shape index (κ3) is 1.50. The maximum absolute atomic E-state index is 5.28. The molecular formula is C10H17N2O+. The molecule has 1 spiro atoms. The number of piperidine rings is 1. The highest BCUT2D eigenvalue weighted by Crippen LogP contribution is 2.38. The van der Waals surface area contributed by atoms with E-state index in [0.717, 1.165) is 26.3 Å². The zero-order chi connectivity index (χ0) is 9.31. The van der Waals surface area contributed by atoms with Crippen molar-refractivity contribution < 1.29 is 9.42 Å². The van der Waals surface area contributed by atoms with E-state index in [1.165, 1.54) is 12.8 Å². The molecule has 72 valence electrons. The summed E-state index contributed by atoms with van der Waals surface area (Å²) in [6, 6.07) is 0. The highest BCUT2D eigenvalue weighted by atomic mass is 16.5. The van der Waals surface area contributed by atoms with Gasteiger partial charge in [-0.05, 0) is 12.8 Å². The molecule has 2 aliphatic rings. The second kappa shape index (κ2) is 3.17. The molecule has 0 aliphatic carbocycles. The number of hydrazone groups is 1. The van der Waals surface area contributed by atoms with Crippen molar-refractivity contribution >= 4 is 5.87 Å². The van der Waals surface area contributed by atoms with Gasteiger partial charge < -0.3 is 4.74 Å². The Kier molecular flexibility index (Phi) is 2.14. The van der Waals surface area contributed by atoms with Gasteiger partial charge in [-0.1, -0.05) is 4.68 Å². The molecule has 2 rings (SSSR count). The van der Waals surface area contributed by atoms with E-state index in [1.807, 2.05) is 11.7 Å². The van der Waals surface area contributed by atoms with Gasteiger partial charge in [0.2, 0.25) is 0 Å². The van der Waals surface area contributed by atoms with Gasteiger partial charge in [0, 0.05) is 12.0 Å². The lowest BCUT2D eigenvalue weighted by atomic mass is 9.77. The first-order valence-electron chi connectivity index (χ1n) is 4.85. The number of nitrogens with zero attached hydrogens (tertiary/aromatic N) is 2. The number of ether oxygens (including phenoxy) is 1. The molecule has 0 radical (unpaired) electrons. The summed E-state index contributed by atoms with van der Waals surface area (Å²) < 4.78 is 7.24. The molecule has 13 heavy (non-hydrogen) atoms. The van der Waals surface area contributed by atoms with Crippen LogP contribution in [0.5, 0.6) is 0 Å². The van der Waals surface area contributed by atoms with Crippen LogP contribution in [0, 0.1) is 5.41 Å². The number of rotatable bonds is 1. The van der Waals surface area contributed by atoms with E-state index in [1.54, 1.807) is 0 Å². The minimum absolute atomic E-state index is 0.526. The predicted octanol–water partition coefficient (Wildman–Crippen LogP) is 0.512. The molecule has 3 nitrogen and oxygen atoms in total. The summed E-state index contributed by atoms with van der Waals surface area (Å²) in [4.78, 5) is 0. The quantitative estimate of drug-likeness (QED) is 0.433. The molecule has 2 fully saturated rings. The average Bonchev–Trinajstić information content (AvgIpc) is 2.14. The molecule has 0 bridgehead atoms. The van der Waals surface area contributed by atoms with E-state index in [-0.39, 0.29) is 0 Å². The molecule has 0 saturated carbocycles. The Morgan fingerprint density at radius 1 is 1.38 bits per heavy atom. The maximum Gasteiger partial charge on any atom is 0.190 e. The summed E-state index contributed by atoms with van der Waals surface area (Å²) in [7, 11) is 2.00. The van der Waals surface area contributed by atoms with Gasteiger partial charge in [-0.2, -0.15) is 5.01 Å². The minimum atomic E-state index is 0.526. The Bertz CT molecular complexity index is 242. The molecule has 3 heteroatoms. The molecule has 0 aromatic heterocycles. The molecule has 2 saturated heterocycles. The second-order valence-corrected chi connectivity index (χ2v) is 4.13. The van der Waals surface area contributed by atoms with Crippen molar-refractivity contribution in [3.8, 4) is 0 Å². The number of hydrogen-bond acceptors (Lipinski definition) is 2. The second-order valence-electron chi connectivity index (χ2n) is 4.13. The summed E-state index contributed by atoms with van der Waals surface area (Å²) in [5.41, 5.74) is 0.526. The molecule has 2 aliphatic heterocycles. The van der Waals surface area contributed by atoms with Crippen LogP contribution in [0.25, 0.3) is 0 Å². The van der Waals surface area contributed by atoms with E-state index in [0.29, 0.717) is 5.41 Å². The summed E-state index contributed by atoms with van der Waals surface area (Å²) >= 11 is 0. The Balaban J connectivity index is 1.92. The first-order chi connectivity index (χ1) is 6.26. The van der Waals surface area contributed by atoms with Crippen molar-refractivity contribution in [2.75, 3.05) is 33.4 Å². The van der Waals surface area contributed by atoms with Crippen molar-refractivity contribution in [1.82, 2.24) is 5.01 Å². The summed E-state index contributed by atoms with van der Waals surface area (Å²) in [6.45, 7) is 7.82. The van der Waals surface area contributed by atoms with Gasteiger partial charge >= 0.3 is 0 Å². The first kappa shape index (κ1) is 8.79. The third-order valence-electron chi connectivity index (χ3n) is 3.27. The Labute approximate surface area is 79.3 Å². The van der Waals surface area contributed by atoms with Crippen LogP contribution < -0.4 is 0 Å². The largest absolute Gasteiger partial charge is 0.380 e. The molecule has 0 aromatic rings. The Morgan fingerprint density at radius 3 is 2.38 bits per heavy atom. The Hall–Kier alpha value is -0.790. The van der Waals surface area contributed by atoms with Crippen LogP contribution in [-0.4, -0.2) is 48.9 Å². The zero-order valence-electron chi connectivity index (χ0n) is 8.25.